The van der Waals surface area contributed by atoms with Crippen LogP contribution < -0.4 is 5.32 Å². The molecule has 1 N–H and O–H groups in total. The van der Waals surface area contributed by atoms with Crippen molar-refractivity contribution in [3.05, 3.63) is 63.9 Å². The molecule has 4 nitrogen and oxygen atoms in total. The average Bonchev–Trinajstić information content (AvgIpc) is 2.69. The molecule has 0 aliphatic carbocycles. The van der Waals surface area contributed by atoms with Crippen LogP contribution >= 0.6 is 23.2 Å². The number of aromatic nitrogens is 1. The zero-order chi connectivity index (χ0) is 21.0. The zero-order valence-corrected chi connectivity index (χ0v) is 18.8. The number of amides is 1. The van der Waals surface area contributed by atoms with E-state index in [1.807, 2.05) is 57.2 Å². The van der Waals surface area contributed by atoms with Crippen LogP contribution in [0.1, 0.15) is 50.9 Å². The lowest BCUT2D eigenvalue weighted by Gasteiger charge is -2.38. The number of benzene rings is 1. The van der Waals surface area contributed by atoms with Crippen LogP contribution in [0.15, 0.2) is 42.6 Å². The van der Waals surface area contributed by atoms with E-state index in [2.05, 4.69) is 15.2 Å². The molecule has 0 spiro atoms. The number of likely N-dealkylation sites (tertiary alicyclic amines) is 1. The molecule has 0 bridgehead atoms. The van der Waals surface area contributed by atoms with Crippen molar-refractivity contribution in [1.29, 1.82) is 0 Å². The van der Waals surface area contributed by atoms with Gasteiger partial charge in [0.05, 0.1) is 21.8 Å². The highest BCUT2D eigenvalue weighted by Crippen LogP contribution is 2.31. The molecule has 1 aliphatic rings. The van der Waals surface area contributed by atoms with Crippen LogP contribution in [-0.2, 0) is 11.3 Å². The van der Waals surface area contributed by atoms with Gasteiger partial charge in [0.25, 0.3) is 0 Å². The fourth-order valence-electron chi connectivity index (χ4n) is 3.75. The fraction of sp³-hybridized carbons (Fsp3) is 0.478. The highest BCUT2D eigenvalue weighted by Gasteiger charge is 2.33. The molecule has 156 valence electrons. The summed E-state index contributed by atoms with van der Waals surface area (Å²) in [6.07, 6.45) is 3.94. The summed E-state index contributed by atoms with van der Waals surface area (Å²) in [4.78, 5) is 19.7. The molecule has 29 heavy (non-hydrogen) atoms. The molecule has 1 aromatic carbocycles. The summed E-state index contributed by atoms with van der Waals surface area (Å²) in [5.74, 6) is 0.350. The summed E-state index contributed by atoms with van der Waals surface area (Å²) in [5.41, 5.74) is 1.63. The van der Waals surface area contributed by atoms with E-state index in [9.17, 15) is 4.79 Å². The molecule has 1 saturated heterocycles. The maximum Gasteiger partial charge on any atom is 0.225 e. The Morgan fingerprint density at radius 3 is 2.69 bits per heavy atom. The Bertz CT molecular complexity index is 836. The third kappa shape index (κ3) is 5.94. The average molecular weight is 434 g/mol. The smallest absolute Gasteiger partial charge is 0.225 e. The van der Waals surface area contributed by atoms with Gasteiger partial charge in [-0.1, -0.05) is 56.1 Å². The Morgan fingerprint density at radius 2 is 2.03 bits per heavy atom. The monoisotopic (exact) mass is 433 g/mol. The minimum atomic E-state index is -0.443. The summed E-state index contributed by atoms with van der Waals surface area (Å²) in [7, 11) is 0. The van der Waals surface area contributed by atoms with Gasteiger partial charge in [-0.05, 0) is 55.1 Å². The second kappa shape index (κ2) is 9.46. The van der Waals surface area contributed by atoms with E-state index >= 15 is 0 Å². The first-order valence-electron chi connectivity index (χ1n) is 10.1. The van der Waals surface area contributed by atoms with Crippen LogP contribution in [0.25, 0.3) is 0 Å². The van der Waals surface area contributed by atoms with Gasteiger partial charge >= 0.3 is 0 Å². The highest BCUT2D eigenvalue weighted by molar-refractivity contribution is 6.42. The van der Waals surface area contributed by atoms with E-state index in [0.717, 1.165) is 43.7 Å². The van der Waals surface area contributed by atoms with Gasteiger partial charge < -0.3 is 5.32 Å². The van der Waals surface area contributed by atoms with Gasteiger partial charge in [-0.25, -0.2) is 0 Å². The van der Waals surface area contributed by atoms with E-state index in [1.54, 1.807) is 6.20 Å². The van der Waals surface area contributed by atoms with E-state index in [1.165, 1.54) is 0 Å². The van der Waals surface area contributed by atoms with Crippen molar-refractivity contribution in [1.82, 2.24) is 15.2 Å². The number of halogens is 2. The number of carbonyl (C=O) groups excluding carboxylic acids is 1. The summed E-state index contributed by atoms with van der Waals surface area (Å²) in [6, 6.07) is 11.6. The van der Waals surface area contributed by atoms with Gasteiger partial charge in [-0.15, -0.1) is 0 Å². The second-order valence-electron chi connectivity index (χ2n) is 8.84. The summed E-state index contributed by atoms with van der Waals surface area (Å²) >= 11 is 12.2. The van der Waals surface area contributed by atoms with Crippen molar-refractivity contribution < 1.29 is 4.79 Å². The molecule has 1 aliphatic heterocycles. The minimum absolute atomic E-state index is 0.0507. The summed E-state index contributed by atoms with van der Waals surface area (Å²) < 4.78 is 0. The standard InChI is InChI=1S/C23H29Cl2N3O/c1-23(2,3)22(29)27-21(20-8-4-5-11-26-20)17-7-6-12-28(15-17)14-16-9-10-18(24)19(25)13-16/h4-5,8-11,13,17,21H,6-7,12,14-15H2,1-3H3,(H,27,29)/t17-,21+/m1/s1. The van der Waals surface area contributed by atoms with Crippen molar-refractivity contribution in [2.75, 3.05) is 13.1 Å². The Morgan fingerprint density at radius 1 is 1.24 bits per heavy atom. The normalized spacial score (nSPS) is 19.0. The number of carbonyl (C=O) groups is 1. The van der Waals surface area contributed by atoms with Crippen LogP contribution in [-0.4, -0.2) is 28.9 Å². The third-order valence-corrected chi connectivity index (χ3v) is 6.12. The molecule has 2 heterocycles. The van der Waals surface area contributed by atoms with Gasteiger partial charge in [0.15, 0.2) is 0 Å². The molecule has 1 fully saturated rings. The van der Waals surface area contributed by atoms with Crippen molar-refractivity contribution in [2.45, 2.75) is 46.2 Å². The van der Waals surface area contributed by atoms with Crippen LogP contribution in [0.5, 0.6) is 0 Å². The highest BCUT2D eigenvalue weighted by atomic mass is 35.5. The molecule has 1 aromatic heterocycles. The number of pyridine rings is 1. The maximum absolute atomic E-state index is 12.8. The van der Waals surface area contributed by atoms with Crippen LogP contribution in [0.4, 0.5) is 0 Å². The number of piperidine rings is 1. The van der Waals surface area contributed by atoms with Gasteiger partial charge in [-0.2, -0.15) is 0 Å². The maximum atomic E-state index is 12.8. The second-order valence-corrected chi connectivity index (χ2v) is 9.66. The predicted octanol–water partition coefficient (Wildman–Crippen LogP) is 5.50. The van der Waals surface area contributed by atoms with Gasteiger partial charge in [0.2, 0.25) is 5.91 Å². The van der Waals surface area contributed by atoms with Crippen molar-refractivity contribution in [2.24, 2.45) is 11.3 Å². The number of nitrogens with one attached hydrogen (secondary N) is 1. The third-order valence-electron chi connectivity index (χ3n) is 5.38. The van der Waals surface area contributed by atoms with Crippen LogP contribution in [0.2, 0.25) is 10.0 Å². The molecule has 2 aromatic rings. The fourth-order valence-corrected chi connectivity index (χ4v) is 4.07. The number of rotatable bonds is 5. The molecule has 0 radical (unpaired) electrons. The van der Waals surface area contributed by atoms with Crippen LogP contribution in [0.3, 0.4) is 0 Å². The predicted molar refractivity (Wildman–Crippen MR) is 119 cm³/mol. The first kappa shape index (κ1) is 22.1. The van der Waals surface area contributed by atoms with Gasteiger partial charge in [-0.3, -0.25) is 14.7 Å². The lowest BCUT2D eigenvalue weighted by atomic mass is 9.86. The molecule has 0 saturated carbocycles. The zero-order valence-electron chi connectivity index (χ0n) is 17.3. The molecule has 3 rings (SSSR count). The molecule has 2 atom stereocenters. The Kier molecular flexibility index (Phi) is 7.20. The minimum Gasteiger partial charge on any atom is -0.347 e. The topological polar surface area (TPSA) is 45.2 Å². The molecule has 0 unspecified atom stereocenters. The lowest BCUT2D eigenvalue weighted by molar-refractivity contribution is -0.130. The van der Waals surface area contributed by atoms with E-state index in [0.29, 0.717) is 16.0 Å². The number of nitrogens with zero attached hydrogens (tertiary/aromatic N) is 2. The molecule has 1 amide bonds. The number of hydrogen-bond donors (Lipinski definition) is 1. The van der Waals surface area contributed by atoms with Crippen LogP contribution in [0, 0.1) is 11.3 Å². The Hall–Kier alpha value is -1.62. The number of hydrogen-bond acceptors (Lipinski definition) is 3. The first-order chi connectivity index (χ1) is 13.7. The van der Waals surface area contributed by atoms with Crippen molar-refractivity contribution >= 4 is 29.1 Å². The molecular formula is C23H29Cl2N3O. The van der Waals surface area contributed by atoms with Gasteiger partial charge in [0, 0.05) is 24.7 Å². The van der Waals surface area contributed by atoms with E-state index in [4.69, 9.17) is 23.2 Å². The SMILES string of the molecule is CC(C)(C)C(=O)N[C@H](c1ccccn1)[C@@H]1CCCN(Cc2ccc(Cl)c(Cl)c2)C1. The lowest BCUT2D eigenvalue weighted by Crippen LogP contribution is -2.45. The van der Waals surface area contributed by atoms with Crippen molar-refractivity contribution in [3.8, 4) is 0 Å². The van der Waals surface area contributed by atoms with Gasteiger partial charge in [0.1, 0.15) is 0 Å². The largest absolute Gasteiger partial charge is 0.347 e. The molecule has 6 heteroatoms. The Balaban J connectivity index is 1.76. The van der Waals surface area contributed by atoms with E-state index < -0.39 is 5.41 Å². The molecular weight excluding hydrogens is 405 g/mol. The summed E-state index contributed by atoms with van der Waals surface area (Å²) in [5, 5.41) is 4.44. The van der Waals surface area contributed by atoms with E-state index in [-0.39, 0.29) is 11.9 Å². The first-order valence-corrected chi connectivity index (χ1v) is 10.9. The quantitative estimate of drug-likeness (QED) is 0.676. The summed E-state index contributed by atoms with van der Waals surface area (Å²) in [6.45, 7) is 8.56. The Labute approximate surface area is 183 Å². The van der Waals surface area contributed by atoms with Crippen molar-refractivity contribution in [3.63, 3.8) is 0 Å².